The van der Waals surface area contributed by atoms with Gasteiger partial charge in [0.05, 0.1) is 5.69 Å². The molecule has 0 aliphatic heterocycles. The van der Waals surface area contributed by atoms with Gasteiger partial charge in [0.1, 0.15) is 5.69 Å². The summed E-state index contributed by atoms with van der Waals surface area (Å²) in [5.41, 5.74) is 6.93. The molecule has 1 heterocycles. The van der Waals surface area contributed by atoms with E-state index in [1.165, 1.54) is 0 Å². The second-order valence-corrected chi connectivity index (χ2v) is 3.61. The van der Waals surface area contributed by atoms with Crippen LogP contribution in [0, 0.1) is 0 Å². The lowest BCUT2D eigenvalue weighted by atomic mass is 10.2. The molecule has 1 atom stereocenters. The Bertz CT molecular complexity index is 345. The molecule has 5 nitrogen and oxygen atoms in total. The Balaban J connectivity index is 2.77. The van der Waals surface area contributed by atoms with E-state index in [1.54, 1.807) is 17.8 Å². The summed E-state index contributed by atoms with van der Waals surface area (Å²) in [7, 11) is 1.77. The zero-order chi connectivity index (χ0) is 11.4. The molecule has 0 aromatic carbocycles. The largest absolute Gasteiger partial charge is 0.347 e. The van der Waals surface area contributed by atoms with Crippen molar-refractivity contribution in [3.8, 4) is 0 Å². The van der Waals surface area contributed by atoms with E-state index < -0.39 is 0 Å². The fourth-order valence-electron chi connectivity index (χ4n) is 1.27. The van der Waals surface area contributed by atoms with Gasteiger partial charge in [0.2, 0.25) is 0 Å². The Morgan fingerprint density at radius 3 is 2.87 bits per heavy atom. The topological polar surface area (TPSA) is 72.9 Å². The first-order chi connectivity index (χ1) is 7.08. The fourth-order valence-corrected chi connectivity index (χ4v) is 1.27. The van der Waals surface area contributed by atoms with Crippen LogP contribution in [0.3, 0.4) is 0 Å². The number of carbonyl (C=O) groups excluding carboxylic acids is 1. The number of amides is 1. The average Bonchev–Trinajstić information content (AvgIpc) is 2.59. The summed E-state index contributed by atoms with van der Waals surface area (Å²) in [4.78, 5) is 11.7. The number of hydrogen-bond acceptors (Lipinski definition) is 3. The van der Waals surface area contributed by atoms with E-state index in [1.807, 2.05) is 13.8 Å². The van der Waals surface area contributed by atoms with E-state index in [2.05, 4.69) is 10.4 Å². The third-order valence-electron chi connectivity index (χ3n) is 2.26. The van der Waals surface area contributed by atoms with Gasteiger partial charge >= 0.3 is 0 Å². The summed E-state index contributed by atoms with van der Waals surface area (Å²) in [6.07, 6.45) is 0.827. The lowest BCUT2D eigenvalue weighted by Crippen LogP contribution is -2.38. The van der Waals surface area contributed by atoms with Gasteiger partial charge in [-0.05, 0) is 19.4 Å². The molecule has 0 bridgehead atoms. The highest BCUT2D eigenvalue weighted by Gasteiger charge is 2.13. The molecule has 15 heavy (non-hydrogen) atoms. The van der Waals surface area contributed by atoms with Crippen LogP contribution in [0.1, 0.15) is 30.0 Å². The van der Waals surface area contributed by atoms with Gasteiger partial charge in [0.15, 0.2) is 0 Å². The molecular formula is C10H18N4O. The summed E-state index contributed by atoms with van der Waals surface area (Å²) in [6, 6.07) is 1.79. The summed E-state index contributed by atoms with van der Waals surface area (Å²) in [5.74, 6) is -0.123. The molecule has 1 aromatic rings. The van der Waals surface area contributed by atoms with E-state index in [0.29, 0.717) is 12.2 Å². The molecule has 0 saturated carbocycles. The van der Waals surface area contributed by atoms with Crippen LogP contribution in [0.5, 0.6) is 0 Å². The Hall–Kier alpha value is -1.36. The number of hydrogen-bond donors (Lipinski definition) is 2. The Morgan fingerprint density at radius 2 is 2.40 bits per heavy atom. The molecule has 0 saturated heterocycles. The molecule has 1 aromatic heterocycles. The van der Waals surface area contributed by atoms with Crippen LogP contribution >= 0.6 is 0 Å². The van der Waals surface area contributed by atoms with Crippen molar-refractivity contribution in [1.82, 2.24) is 15.1 Å². The maximum absolute atomic E-state index is 11.7. The minimum atomic E-state index is -0.123. The fraction of sp³-hybridized carbons (Fsp3) is 0.600. The molecule has 0 aliphatic carbocycles. The third kappa shape index (κ3) is 2.79. The van der Waals surface area contributed by atoms with Crippen LogP contribution < -0.4 is 11.1 Å². The number of aryl methyl sites for hydroxylation is 2. The highest BCUT2D eigenvalue weighted by atomic mass is 16.2. The van der Waals surface area contributed by atoms with Gasteiger partial charge in [-0.25, -0.2) is 0 Å². The molecule has 84 valence electrons. The van der Waals surface area contributed by atoms with Crippen molar-refractivity contribution in [3.63, 3.8) is 0 Å². The SMILES string of the molecule is CCc1cc(C(=O)N[C@H](C)CN)n(C)n1. The van der Waals surface area contributed by atoms with Crippen LogP contribution in [0.25, 0.3) is 0 Å². The molecule has 0 aliphatic rings. The predicted octanol–water partition coefficient (Wildman–Crippen LogP) is 0.0595. The standard InChI is InChI=1S/C10H18N4O/c1-4-8-5-9(14(3)13-8)10(15)12-7(2)6-11/h5,7H,4,6,11H2,1-3H3,(H,12,15)/t7-/m1/s1. The molecular weight excluding hydrogens is 192 g/mol. The summed E-state index contributed by atoms with van der Waals surface area (Å²) in [6.45, 7) is 4.31. The second-order valence-electron chi connectivity index (χ2n) is 3.61. The number of rotatable bonds is 4. The van der Waals surface area contributed by atoms with Gasteiger partial charge in [-0.3, -0.25) is 9.48 Å². The van der Waals surface area contributed by atoms with Crippen molar-refractivity contribution >= 4 is 5.91 Å². The van der Waals surface area contributed by atoms with Gasteiger partial charge in [-0.1, -0.05) is 6.92 Å². The normalized spacial score (nSPS) is 12.5. The van der Waals surface area contributed by atoms with Crippen LogP contribution in [-0.2, 0) is 13.5 Å². The first-order valence-electron chi connectivity index (χ1n) is 5.12. The minimum Gasteiger partial charge on any atom is -0.347 e. The number of carbonyl (C=O) groups is 1. The molecule has 1 rings (SSSR count). The molecule has 3 N–H and O–H groups in total. The first kappa shape index (κ1) is 11.7. The third-order valence-corrected chi connectivity index (χ3v) is 2.26. The molecule has 0 fully saturated rings. The van der Waals surface area contributed by atoms with Crippen molar-refractivity contribution in [3.05, 3.63) is 17.5 Å². The first-order valence-corrected chi connectivity index (χ1v) is 5.12. The van der Waals surface area contributed by atoms with E-state index in [9.17, 15) is 4.79 Å². The van der Waals surface area contributed by atoms with Crippen molar-refractivity contribution in [1.29, 1.82) is 0 Å². The van der Waals surface area contributed by atoms with Crippen molar-refractivity contribution < 1.29 is 4.79 Å². The van der Waals surface area contributed by atoms with E-state index >= 15 is 0 Å². The summed E-state index contributed by atoms with van der Waals surface area (Å²) >= 11 is 0. The van der Waals surface area contributed by atoms with Crippen LogP contribution in [0.15, 0.2) is 6.07 Å². The quantitative estimate of drug-likeness (QED) is 0.738. The summed E-state index contributed by atoms with van der Waals surface area (Å²) < 4.78 is 1.59. The predicted molar refractivity (Wildman–Crippen MR) is 58.6 cm³/mol. The van der Waals surface area contributed by atoms with Crippen LogP contribution in [-0.4, -0.2) is 28.3 Å². The zero-order valence-corrected chi connectivity index (χ0v) is 9.45. The van der Waals surface area contributed by atoms with Crippen LogP contribution in [0.4, 0.5) is 0 Å². The van der Waals surface area contributed by atoms with E-state index in [0.717, 1.165) is 12.1 Å². The second kappa shape index (κ2) is 4.93. The van der Waals surface area contributed by atoms with Gasteiger partial charge in [0, 0.05) is 19.6 Å². The number of nitrogens with zero attached hydrogens (tertiary/aromatic N) is 2. The van der Waals surface area contributed by atoms with Gasteiger partial charge in [-0.15, -0.1) is 0 Å². The van der Waals surface area contributed by atoms with E-state index in [4.69, 9.17) is 5.73 Å². The highest BCUT2D eigenvalue weighted by Crippen LogP contribution is 2.03. The number of nitrogens with two attached hydrogens (primary N) is 1. The maximum Gasteiger partial charge on any atom is 0.269 e. The lowest BCUT2D eigenvalue weighted by molar-refractivity contribution is 0.0932. The summed E-state index contributed by atoms with van der Waals surface area (Å²) in [5, 5.41) is 7.01. The van der Waals surface area contributed by atoms with Crippen LogP contribution in [0.2, 0.25) is 0 Å². The van der Waals surface area contributed by atoms with Crippen molar-refractivity contribution in [2.24, 2.45) is 12.8 Å². The minimum absolute atomic E-state index is 0.0162. The van der Waals surface area contributed by atoms with Crippen molar-refractivity contribution in [2.45, 2.75) is 26.3 Å². The lowest BCUT2D eigenvalue weighted by Gasteiger charge is -2.10. The van der Waals surface area contributed by atoms with Gasteiger partial charge in [0.25, 0.3) is 5.91 Å². The highest BCUT2D eigenvalue weighted by molar-refractivity contribution is 5.92. The van der Waals surface area contributed by atoms with Gasteiger partial charge in [-0.2, -0.15) is 5.10 Å². The number of aromatic nitrogens is 2. The molecule has 0 spiro atoms. The monoisotopic (exact) mass is 210 g/mol. The van der Waals surface area contributed by atoms with Gasteiger partial charge < -0.3 is 11.1 Å². The molecule has 1 amide bonds. The zero-order valence-electron chi connectivity index (χ0n) is 9.45. The maximum atomic E-state index is 11.7. The van der Waals surface area contributed by atoms with Crippen molar-refractivity contribution in [2.75, 3.05) is 6.54 Å². The molecule has 5 heteroatoms. The molecule has 0 radical (unpaired) electrons. The number of nitrogens with one attached hydrogen (secondary N) is 1. The smallest absolute Gasteiger partial charge is 0.269 e. The average molecular weight is 210 g/mol. The Labute approximate surface area is 89.6 Å². The van der Waals surface area contributed by atoms with E-state index in [-0.39, 0.29) is 11.9 Å². The molecule has 0 unspecified atom stereocenters. The Kier molecular flexibility index (Phi) is 3.85. The Morgan fingerprint density at radius 1 is 1.73 bits per heavy atom.